The number of aryl methyl sites for hydroxylation is 1. The third kappa shape index (κ3) is 4.45. The Hall–Kier alpha value is -2.57. The van der Waals surface area contributed by atoms with Crippen LogP contribution in [0.3, 0.4) is 0 Å². The third-order valence-corrected chi connectivity index (χ3v) is 6.04. The van der Waals surface area contributed by atoms with Gasteiger partial charge in [0.05, 0.1) is 22.9 Å². The number of hydrogen-bond acceptors (Lipinski definition) is 5. The topological polar surface area (TPSA) is 51.7 Å². The molecule has 1 unspecified atom stereocenters. The first kappa shape index (κ1) is 20.7. The molecule has 2 heterocycles. The van der Waals surface area contributed by atoms with Crippen LogP contribution in [0, 0.1) is 0 Å². The predicted octanol–water partition coefficient (Wildman–Crippen LogP) is 5.61. The minimum absolute atomic E-state index is 0.0793. The van der Waals surface area contributed by atoms with Crippen molar-refractivity contribution in [3.63, 3.8) is 0 Å². The lowest BCUT2D eigenvalue weighted by Gasteiger charge is -2.33. The first-order valence-electron chi connectivity index (χ1n) is 10.0. The highest BCUT2D eigenvalue weighted by atomic mass is 35.5. The lowest BCUT2D eigenvalue weighted by Crippen LogP contribution is -2.46. The van der Waals surface area contributed by atoms with E-state index in [2.05, 4.69) is 12.3 Å². The molecule has 1 atom stereocenters. The second-order valence-electron chi connectivity index (χ2n) is 7.11. The molecule has 30 heavy (non-hydrogen) atoms. The zero-order valence-corrected chi connectivity index (χ0v) is 18.5. The largest absolute Gasteiger partial charge is 0.492 e. The van der Waals surface area contributed by atoms with Crippen molar-refractivity contribution in [2.24, 2.45) is 0 Å². The van der Waals surface area contributed by atoms with Crippen LogP contribution in [0.5, 0.6) is 11.5 Å². The van der Waals surface area contributed by atoms with Crippen molar-refractivity contribution in [1.82, 2.24) is 4.98 Å². The molecule has 2 aromatic carbocycles. The lowest BCUT2D eigenvalue weighted by molar-refractivity contribution is -0.125. The molecular formula is C23H23ClN2O3S. The number of halogens is 1. The molecule has 0 radical (unpaired) electrons. The molecule has 5 nitrogen and oxygen atoms in total. The number of nitrogens with zero attached hydrogens (tertiary/aromatic N) is 2. The normalized spacial score (nSPS) is 15.6. The Morgan fingerprint density at radius 2 is 2.03 bits per heavy atom. The quantitative estimate of drug-likeness (QED) is 0.477. The summed E-state index contributed by atoms with van der Waals surface area (Å²) < 4.78 is 11.6. The number of ether oxygens (including phenoxy) is 2. The standard InChI is InChI=1S/C23H23ClN2O3S/c1-3-4-22-25-19(14-30-22)16-5-10-21-20(13-16)26(23(27)15(2)29-21)11-12-28-18-8-6-17(24)7-9-18/h5-10,13-15H,3-4,11-12H2,1-2H3. The van der Waals surface area contributed by atoms with Gasteiger partial charge in [-0.15, -0.1) is 11.3 Å². The summed E-state index contributed by atoms with van der Waals surface area (Å²) in [6, 6.07) is 13.1. The molecular weight excluding hydrogens is 420 g/mol. The number of amides is 1. The Morgan fingerprint density at radius 1 is 1.23 bits per heavy atom. The van der Waals surface area contributed by atoms with E-state index in [0.717, 1.165) is 34.8 Å². The molecule has 0 N–H and O–H groups in total. The van der Waals surface area contributed by atoms with Crippen molar-refractivity contribution in [2.75, 3.05) is 18.1 Å². The number of carbonyl (C=O) groups excluding carboxylic acids is 1. The van der Waals surface area contributed by atoms with E-state index in [0.29, 0.717) is 29.7 Å². The van der Waals surface area contributed by atoms with Crippen LogP contribution in [0.15, 0.2) is 47.8 Å². The van der Waals surface area contributed by atoms with Crippen LogP contribution >= 0.6 is 22.9 Å². The van der Waals surface area contributed by atoms with Gasteiger partial charge in [-0.05, 0) is 62.2 Å². The summed E-state index contributed by atoms with van der Waals surface area (Å²) >= 11 is 7.58. The number of fused-ring (bicyclic) bond motifs is 1. The monoisotopic (exact) mass is 442 g/mol. The van der Waals surface area contributed by atoms with E-state index >= 15 is 0 Å². The van der Waals surface area contributed by atoms with E-state index in [1.807, 2.05) is 30.3 Å². The minimum atomic E-state index is -0.533. The molecule has 0 fully saturated rings. The third-order valence-electron chi connectivity index (χ3n) is 4.88. The average Bonchev–Trinajstić information content (AvgIpc) is 3.21. The maximum Gasteiger partial charge on any atom is 0.267 e. The molecule has 1 aliphatic heterocycles. The summed E-state index contributed by atoms with van der Waals surface area (Å²) in [5.74, 6) is 1.33. The van der Waals surface area contributed by atoms with Crippen molar-refractivity contribution in [2.45, 2.75) is 32.8 Å². The molecule has 1 aliphatic rings. The lowest BCUT2D eigenvalue weighted by atomic mass is 10.1. The molecule has 3 aromatic rings. The van der Waals surface area contributed by atoms with Crippen LogP contribution in [-0.4, -0.2) is 30.1 Å². The fourth-order valence-electron chi connectivity index (χ4n) is 3.35. The minimum Gasteiger partial charge on any atom is -0.492 e. The molecule has 1 amide bonds. The van der Waals surface area contributed by atoms with Crippen LogP contribution in [0.25, 0.3) is 11.3 Å². The number of aromatic nitrogens is 1. The Morgan fingerprint density at radius 3 is 2.80 bits per heavy atom. The van der Waals surface area contributed by atoms with Gasteiger partial charge in [-0.3, -0.25) is 4.79 Å². The maximum absolute atomic E-state index is 12.8. The highest BCUT2D eigenvalue weighted by molar-refractivity contribution is 7.09. The number of rotatable bonds is 7. The fourth-order valence-corrected chi connectivity index (χ4v) is 4.39. The highest BCUT2D eigenvalue weighted by Gasteiger charge is 2.31. The number of carbonyl (C=O) groups is 1. The molecule has 1 aromatic heterocycles. The molecule has 0 bridgehead atoms. The number of benzene rings is 2. The van der Waals surface area contributed by atoms with Gasteiger partial charge in [-0.1, -0.05) is 18.5 Å². The zero-order valence-electron chi connectivity index (χ0n) is 16.9. The van der Waals surface area contributed by atoms with Crippen molar-refractivity contribution >= 4 is 34.5 Å². The van der Waals surface area contributed by atoms with Gasteiger partial charge in [0, 0.05) is 16.0 Å². The second-order valence-corrected chi connectivity index (χ2v) is 8.49. The van der Waals surface area contributed by atoms with E-state index in [9.17, 15) is 4.79 Å². The van der Waals surface area contributed by atoms with Crippen molar-refractivity contribution in [3.8, 4) is 22.8 Å². The zero-order chi connectivity index (χ0) is 21.1. The average molecular weight is 443 g/mol. The Kier molecular flexibility index (Phi) is 6.25. The molecule has 4 rings (SSSR count). The van der Waals surface area contributed by atoms with Crippen LogP contribution in [0.2, 0.25) is 5.02 Å². The van der Waals surface area contributed by atoms with Gasteiger partial charge in [0.1, 0.15) is 18.1 Å². The van der Waals surface area contributed by atoms with E-state index < -0.39 is 6.10 Å². The van der Waals surface area contributed by atoms with E-state index in [1.54, 1.807) is 35.3 Å². The second kappa shape index (κ2) is 9.06. The van der Waals surface area contributed by atoms with Crippen LogP contribution in [0.4, 0.5) is 5.69 Å². The van der Waals surface area contributed by atoms with Gasteiger partial charge in [-0.25, -0.2) is 4.98 Å². The predicted molar refractivity (Wildman–Crippen MR) is 121 cm³/mol. The van der Waals surface area contributed by atoms with E-state index in [1.165, 1.54) is 0 Å². The fraction of sp³-hybridized carbons (Fsp3) is 0.304. The van der Waals surface area contributed by atoms with Gasteiger partial charge >= 0.3 is 0 Å². The Labute approximate surface area is 185 Å². The van der Waals surface area contributed by atoms with Gasteiger partial charge in [-0.2, -0.15) is 0 Å². The van der Waals surface area contributed by atoms with Crippen molar-refractivity contribution < 1.29 is 14.3 Å². The summed E-state index contributed by atoms with van der Waals surface area (Å²) in [4.78, 5) is 19.3. The molecule has 0 aliphatic carbocycles. The van der Waals surface area contributed by atoms with Gasteiger partial charge in [0.25, 0.3) is 5.91 Å². The summed E-state index contributed by atoms with van der Waals surface area (Å²) in [6.45, 7) is 4.70. The number of hydrogen-bond donors (Lipinski definition) is 0. The van der Waals surface area contributed by atoms with E-state index in [-0.39, 0.29) is 5.91 Å². The molecule has 0 spiro atoms. The van der Waals surface area contributed by atoms with Crippen molar-refractivity contribution in [1.29, 1.82) is 0 Å². The molecule has 156 valence electrons. The van der Waals surface area contributed by atoms with E-state index in [4.69, 9.17) is 26.1 Å². The smallest absolute Gasteiger partial charge is 0.267 e. The van der Waals surface area contributed by atoms with Crippen LogP contribution in [0.1, 0.15) is 25.3 Å². The summed E-state index contributed by atoms with van der Waals surface area (Å²) in [7, 11) is 0. The van der Waals surface area contributed by atoms with Gasteiger partial charge < -0.3 is 14.4 Å². The highest BCUT2D eigenvalue weighted by Crippen LogP contribution is 2.37. The van der Waals surface area contributed by atoms with Gasteiger partial charge in [0.2, 0.25) is 0 Å². The number of thiazole rings is 1. The van der Waals surface area contributed by atoms with Crippen LogP contribution < -0.4 is 14.4 Å². The molecule has 7 heteroatoms. The number of anilines is 1. The SMILES string of the molecule is CCCc1nc(-c2ccc3c(c2)N(CCOc2ccc(Cl)cc2)C(=O)C(C)O3)cs1. The Balaban J connectivity index is 1.55. The first-order chi connectivity index (χ1) is 14.5. The summed E-state index contributed by atoms with van der Waals surface area (Å²) in [5.41, 5.74) is 2.65. The van der Waals surface area contributed by atoms with Crippen LogP contribution in [-0.2, 0) is 11.2 Å². The van der Waals surface area contributed by atoms with Crippen molar-refractivity contribution in [3.05, 3.63) is 57.9 Å². The summed E-state index contributed by atoms with van der Waals surface area (Å²) in [6.07, 6.45) is 1.51. The molecule has 0 saturated heterocycles. The molecule has 0 saturated carbocycles. The maximum atomic E-state index is 12.8. The summed E-state index contributed by atoms with van der Waals surface area (Å²) in [5, 5.41) is 3.85. The Bertz CT molecular complexity index is 1040. The van der Waals surface area contributed by atoms with Gasteiger partial charge in [0.15, 0.2) is 6.10 Å². The first-order valence-corrected chi connectivity index (χ1v) is 11.3.